The van der Waals surface area contributed by atoms with Crippen LogP contribution in [0.1, 0.15) is 32.4 Å². The summed E-state index contributed by atoms with van der Waals surface area (Å²) in [4.78, 5) is 17.2. The fraction of sp³-hybridized carbons (Fsp3) is 0.500. The van der Waals surface area contributed by atoms with E-state index in [1.807, 2.05) is 0 Å². The second-order valence-corrected chi connectivity index (χ2v) is 6.84. The van der Waals surface area contributed by atoms with Gasteiger partial charge in [0.2, 0.25) is 0 Å². The molecule has 0 saturated carbocycles. The van der Waals surface area contributed by atoms with Gasteiger partial charge in [0.1, 0.15) is 11.5 Å². The van der Waals surface area contributed by atoms with Crippen LogP contribution in [-0.4, -0.2) is 39.0 Å². The summed E-state index contributed by atoms with van der Waals surface area (Å²) in [6, 6.07) is 1.35. The number of nitrogens with zero attached hydrogens (tertiary/aromatic N) is 4. The molecule has 2 aromatic rings. The van der Waals surface area contributed by atoms with Crippen LogP contribution in [0.3, 0.4) is 0 Å². The Morgan fingerprint density at radius 3 is 2.62 bits per heavy atom. The first-order valence-corrected chi connectivity index (χ1v) is 7.46. The summed E-state index contributed by atoms with van der Waals surface area (Å²) in [6.07, 6.45) is -4.22. The predicted molar refractivity (Wildman–Crippen MR) is 80.4 cm³/mol. The Kier molecular flexibility index (Phi) is 3.67. The molecule has 1 unspecified atom stereocenters. The maximum absolute atomic E-state index is 13.5. The van der Waals surface area contributed by atoms with Crippen LogP contribution in [0.15, 0.2) is 12.3 Å². The number of rotatable bonds is 0. The van der Waals surface area contributed by atoms with Crippen molar-refractivity contribution in [1.82, 2.24) is 14.6 Å². The molecule has 0 saturated heterocycles. The highest BCUT2D eigenvalue weighted by Gasteiger charge is 2.51. The van der Waals surface area contributed by atoms with E-state index in [0.717, 1.165) is 9.42 Å². The number of anilines is 1. The first-order chi connectivity index (χ1) is 11.0. The lowest BCUT2D eigenvalue weighted by Crippen LogP contribution is -2.37. The third kappa shape index (κ3) is 2.88. The molecule has 10 heteroatoms. The van der Waals surface area contributed by atoms with Gasteiger partial charge in [-0.2, -0.15) is 18.3 Å². The van der Waals surface area contributed by atoms with E-state index in [1.54, 1.807) is 20.8 Å². The summed E-state index contributed by atoms with van der Waals surface area (Å²) in [6.45, 7) is 4.32. The second-order valence-electron chi connectivity index (χ2n) is 6.45. The van der Waals surface area contributed by atoms with Crippen molar-refractivity contribution >= 4 is 29.0 Å². The van der Waals surface area contributed by atoms with Crippen LogP contribution in [0, 0.1) is 0 Å². The van der Waals surface area contributed by atoms with E-state index < -0.39 is 30.3 Å². The SMILES string of the molecule is CC(C)(C)OC(=O)N1CC(C(F)(F)F)c2c1cnc1cc(Cl)nn21. The zero-order valence-electron chi connectivity index (χ0n) is 13.1. The molecule has 0 aromatic carbocycles. The Morgan fingerprint density at radius 1 is 1.38 bits per heavy atom. The van der Waals surface area contributed by atoms with E-state index in [0.29, 0.717) is 0 Å². The van der Waals surface area contributed by atoms with E-state index in [4.69, 9.17) is 16.3 Å². The van der Waals surface area contributed by atoms with Crippen LogP contribution in [0.4, 0.5) is 23.7 Å². The summed E-state index contributed by atoms with van der Waals surface area (Å²) in [5.41, 5.74) is -0.816. The topological polar surface area (TPSA) is 59.7 Å². The van der Waals surface area contributed by atoms with Crippen LogP contribution in [0.2, 0.25) is 5.15 Å². The average molecular weight is 363 g/mol. The largest absolute Gasteiger partial charge is 0.443 e. The minimum absolute atomic E-state index is 0.0128. The molecule has 0 fully saturated rings. The third-order valence-corrected chi connectivity index (χ3v) is 3.65. The van der Waals surface area contributed by atoms with Crippen molar-refractivity contribution in [2.24, 2.45) is 0 Å². The van der Waals surface area contributed by atoms with E-state index in [2.05, 4.69) is 10.1 Å². The summed E-state index contributed by atoms with van der Waals surface area (Å²) in [7, 11) is 0. The van der Waals surface area contributed by atoms with Crippen molar-refractivity contribution in [2.75, 3.05) is 11.4 Å². The van der Waals surface area contributed by atoms with E-state index >= 15 is 0 Å². The number of carbonyl (C=O) groups excluding carboxylic acids is 1. The number of aromatic nitrogens is 3. The Bertz CT molecular complexity index is 813. The zero-order valence-corrected chi connectivity index (χ0v) is 13.8. The van der Waals surface area contributed by atoms with Crippen molar-refractivity contribution in [1.29, 1.82) is 0 Å². The van der Waals surface area contributed by atoms with Crippen molar-refractivity contribution in [3.63, 3.8) is 0 Å². The minimum Gasteiger partial charge on any atom is -0.443 e. The molecular weight excluding hydrogens is 349 g/mol. The number of amides is 1. The fourth-order valence-corrected chi connectivity index (χ4v) is 2.74. The van der Waals surface area contributed by atoms with Gasteiger partial charge in [-0.15, -0.1) is 0 Å². The molecular formula is C14H14ClF3N4O2. The summed E-state index contributed by atoms with van der Waals surface area (Å²) in [5.74, 6) is -1.90. The van der Waals surface area contributed by atoms with Crippen molar-refractivity contribution in [3.8, 4) is 0 Å². The van der Waals surface area contributed by atoms with Gasteiger partial charge >= 0.3 is 12.3 Å². The maximum Gasteiger partial charge on any atom is 0.414 e. The van der Waals surface area contributed by atoms with Crippen LogP contribution in [0.5, 0.6) is 0 Å². The van der Waals surface area contributed by atoms with E-state index in [1.165, 1.54) is 12.3 Å². The highest BCUT2D eigenvalue weighted by Crippen LogP contribution is 2.45. The average Bonchev–Trinajstić information content (AvgIpc) is 2.94. The second kappa shape index (κ2) is 5.23. The molecule has 3 heterocycles. The van der Waals surface area contributed by atoms with Gasteiger partial charge in [0, 0.05) is 12.6 Å². The predicted octanol–water partition coefficient (Wildman–Crippen LogP) is 3.78. The highest BCUT2D eigenvalue weighted by atomic mass is 35.5. The molecule has 130 valence electrons. The molecule has 0 spiro atoms. The quantitative estimate of drug-likeness (QED) is 0.715. The fourth-order valence-electron chi connectivity index (χ4n) is 2.56. The van der Waals surface area contributed by atoms with Gasteiger partial charge in [0.25, 0.3) is 0 Å². The lowest BCUT2D eigenvalue weighted by Gasteiger charge is -2.24. The van der Waals surface area contributed by atoms with Crippen LogP contribution < -0.4 is 4.90 Å². The molecule has 1 aliphatic heterocycles. The molecule has 1 aliphatic rings. The highest BCUT2D eigenvalue weighted by molar-refractivity contribution is 6.29. The standard InChI is InChI=1S/C14H14ClF3N4O2/c1-13(2,3)24-12(23)21-6-7(14(16,17)18)11-8(21)5-19-10-4-9(15)20-22(10)11/h4-5,7H,6H2,1-3H3. The van der Waals surface area contributed by atoms with Crippen LogP contribution in [-0.2, 0) is 4.74 Å². The number of hydrogen-bond donors (Lipinski definition) is 0. The maximum atomic E-state index is 13.5. The van der Waals surface area contributed by atoms with E-state index in [-0.39, 0.29) is 22.2 Å². The normalized spacial score (nSPS) is 18.1. The van der Waals surface area contributed by atoms with Crippen molar-refractivity contribution < 1.29 is 22.7 Å². The molecule has 0 radical (unpaired) electrons. The number of alkyl halides is 3. The number of ether oxygens (including phenoxy) is 1. The summed E-state index contributed by atoms with van der Waals surface area (Å²) < 4.78 is 46.6. The Hall–Kier alpha value is -2.03. The van der Waals surface area contributed by atoms with Gasteiger partial charge in [-0.3, -0.25) is 4.90 Å². The first kappa shape index (κ1) is 16.8. The van der Waals surface area contributed by atoms with Gasteiger partial charge in [0.15, 0.2) is 10.8 Å². The number of carbonyl (C=O) groups is 1. The monoisotopic (exact) mass is 362 g/mol. The molecule has 6 nitrogen and oxygen atoms in total. The molecule has 0 N–H and O–H groups in total. The van der Waals surface area contributed by atoms with Crippen LogP contribution in [0.25, 0.3) is 5.65 Å². The Balaban J connectivity index is 2.13. The van der Waals surface area contributed by atoms with Crippen LogP contribution >= 0.6 is 11.6 Å². The lowest BCUT2D eigenvalue weighted by molar-refractivity contribution is -0.147. The summed E-state index contributed by atoms with van der Waals surface area (Å²) in [5, 5.41) is 3.88. The number of fused-ring (bicyclic) bond motifs is 3. The molecule has 0 aliphatic carbocycles. The number of halogens is 4. The zero-order chi connectivity index (χ0) is 17.9. The molecule has 1 atom stereocenters. The Morgan fingerprint density at radius 2 is 2.04 bits per heavy atom. The third-order valence-electron chi connectivity index (χ3n) is 3.47. The minimum atomic E-state index is -4.56. The van der Waals surface area contributed by atoms with E-state index in [9.17, 15) is 18.0 Å². The van der Waals surface area contributed by atoms with Crippen molar-refractivity contribution in [2.45, 2.75) is 38.5 Å². The summed E-state index contributed by atoms with van der Waals surface area (Å²) >= 11 is 5.77. The Labute approximate surface area is 140 Å². The van der Waals surface area contributed by atoms with Gasteiger partial charge in [-0.25, -0.2) is 14.3 Å². The lowest BCUT2D eigenvalue weighted by atomic mass is 10.1. The van der Waals surface area contributed by atoms with Gasteiger partial charge in [-0.1, -0.05) is 11.6 Å². The first-order valence-electron chi connectivity index (χ1n) is 7.09. The number of hydrogen-bond acceptors (Lipinski definition) is 4. The van der Waals surface area contributed by atoms with Gasteiger partial charge in [0.05, 0.1) is 17.6 Å². The van der Waals surface area contributed by atoms with Gasteiger partial charge in [-0.05, 0) is 20.8 Å². The molecule has 3 rings (SSSR count). The van der Waals surface area contributed by atoms with Gasteiger partial charge < -0.3 is 4.74 Å². The molecule has 0 bridgehead atoms. The molecule has 24 heavy (non-hydrogen) atoms. The van der Waals surface area contributed by atoms with Crippen molar-refractivity contribution in [3.05, 3.63) is 23.1 Å². The smallest absolute Gasteiger partial charge is 0.414 e. The molecule has 1 amide bonds. The molecule has 2 aromatic heterocycles.